The number of fused-ring (bicyclic) bond motifs is 1. The number of nitriles is 1. The second kappa shape index (κ2) is 5.64. The summed E-state index contributed by atoms with van der Waals surface area (Å²) in [7, 11) is 0. The van der Waals surface area contributed by atoms with E-state index in [1.54, 1.807) is 0 Å². The Hall–Kier alpha value is -2.62. The van der Waals surface area contributed by atoms with Gasteiger partial charge in [0.15, 0.2) is 0 Å². The summed E-state index contributed by atoms with van der Waals surface area (Å²) in [6.07, 6.45) is 5.10. The van der Waals surface area contributed by atoms with Gasteiger partial charge >= 0.3 is 0 Å². The van der Waals surface area contributed by atoms with Crippen molar-refractivity contribution in [2.45, 2.75) is 31.7 Å². The summed E-state index contributed by atoms with van der Waals surface area (Å²) in [5, 5.41) is 12.9. The van der Waals surface area contributed by atoms with E-state index in [0.29, 0.717) is 6.54 Å². The number of hydrogen-bond acceptors (Lipinski definition) is 5. The van der Waals surface area contributed by atoms with Crippen molar-refractivity contribution in [3.63, 3.8) is 0 Å². The van der Waals surface area contributed by atoms with E-state index in [0.717, 1.165) is 36.2 Å². The number of nitrogens with zero attached hydrogens (tertiary/aromatic N) is 4. The molecule has 0 bridgehead atoms. The Kier molecular flexibility index (Phi) is 3.67. The van der Waals surface area contributed by atoms with Crippen LogP contribution in [0.2, 0.25) is 0 Å². The van der Waals surface area contributed by atoms with E-state index in [2.05, 4.69) is 27.2 Å². The van der Waals surface area contributed by atoms with Crippen LogP contribution in [-0.4, -0.2) is 44.4 Å². The molecule has 1 amide bonds. The smallest absolute Gasteiger partial charge is 0.237 e. The van der Waals surface area contributed by atoms with Crippen molar-refractivity contribution >= 4 is 22.8 Å². The molecule has 1 aliphatic heterocycles. The summed E-state index contributed by atoms with van der Waals surface area (Å²) in [6.45, 7) is 3.52. The lowest BCUT2D eigenvalue weighted by Gasteiger charge is -2.50. The number of likely N-dealkylation sites (tertiary alicyclic amines) is 1. The Morgan fingerprint density at radius 1 is 1.59 bits per heavy atom. The van der Waals surface area contributed by atoms with Gasteiger partial charge in [-0.05, 0) is 25.8 Å². The minimum absolute atomic E-state index is 0.0428. The largest absolute Gasteiger partial charge is 0.369 e. The van der Waals surface area contributed by atoms with Crippen molar-refractivity contribution in [2.24, 2.45) is 0 Å². The molecular formula is C15H18N6O. The van der Waals surface area contributed by atoms with Crippen molar-refractivity contribution < 1.29 is 4.79 Å². The first-order chi connectivity index (χ1) is 10.6. The molecule has 2 N–H and O–H groups in total. The fourth-order valence-electron chi connectivity index (χ4n) is 2.92. The molecule has 7 nitrogen and oxygen atoms in total. The average molecular weight is 298 g/mol. The van der Waals surface area contributed by atoms with Gasteiger partial charge in [-0.1, -0.05) is 0 Å². The molecule has 1 fully saturated rings. The van der Waals surface area contributed by atoms with E-state index < -0.39 is 0 Å². The summed E-state index contributed by atoms with van der Waals surface area (Å²) in [5.41, 5.74) is 0.642. The predicted octanol–water partition coefficient (Wildman–Crippen LogP) is 1.66. The Balaban J connectivity index is 1.60. The minimum atomic E-state index is -0.161. The fraction of sp³-hybridized carbons (Fsp3) is 0.467. The number of aromatic nitrogens is 3. The standard InChI is InChI=1S/C15H18N6O/c1-15(5-9-21(15)12(22)2-6-16)4-8-18-14-11-3-7-17-13(11)19-10-20-14/h3,7,10H,2,4-5,8-9H2,1H3,(H2,17,18,19,20)/t15-/m1/s1. The molecule has 1 atom stereocenters. The maximum Gasteiger partial charge on any atom is 0.237 e. The highest BCUT2D eigenvalue weighted by molar-refractivity contribution is 5.86. The quantitative estimate of drug-likeness (QED) is 0.875. The van der Waals surface area contributed by atoms with Crippen LogP contribution in [0.15, 0.2) is 18.6 Å². The van der Waals surface area contributed by atoms with Crippen LogP contribution in [0.1, 0.15) is 26.2 Å². The molecular weight excluding hydrogens is 280 g/mol. The van der Waals surface area contributed by atoms with E-state index >= 15 is 0 Å². The fourth-order valence-corrected chi connectivity index (χ4v) is 2.92. The van der Waals surface area contributed by atoms with Crippen LogP contribution < -0.4 is 5.32 Å². The van der Waals surface area contributed by atoms with Crippen molar-refractivity contribution in [2.75, 3.05) is 18.4 Å². The summed E-state index contributed by atoms with van der Waals surface area (Å²) >= 11 is 0. The van der Waals surface area contributed by atoms with Crippen LogP contribution >= 0.6 is 0 Å². The van der Waals surface area contributed by atoms with Gasteiger partial charge in [0.25, 0.3) is 0 Å². The number of aromatic amines is 1. The van der Waals surface area contributed by atoms with Gasteiger partial charge < -0.3 is 15.2 Å². The van der Waals surface area contributed by atoms with Gasteiger partial charge in [-0.25, -0.2) is 9.97 Å². The number of hydrogen-bond donors (Lipinski definition) is 2. The van der Waals surface area contributed by atoms with Crippen LogP contribution in [0.25, 0.3) is 11.0 Å². The molecule has 22 heavy (non-hydrogen) atoms. The highest BCUT2D eigenvalue weighted by atomic mass is 16.2. The first-order valence-corrected chi connectivity index (χ1v) is 7.33. The third kappa shape index (κ3) is 2.48. The number of nitrogens with one attached hydrogen (secondary N) is 2. The van der Waals surface area contributed by atoms with Gasteiger partial charge in [-0.15, -0.1) is 0 Å². The lowest BCUT2D eigenvalue weighted by atomic mass is 9.83. The summed E-state index contributed by atoms with van der Waals surface area (Å²) in [6, 6.07) is 3.86. The topological polar surface area (TPSA) is 97.7 Å². The highest BCUT2D eigenvalue weighted by Gasteiger charge is 2.42. The molecule has 1 saturated heterocycles. The molecule has 0 aliphatic carbocycles. The third-order valence-electron chi connectivity index (χ3n) is 4.37. The lowest BCUT2D eigenvalue weighted by Crippen LogP contribution is -2.60. The van der Waals surface area contributed by atoms with E-state index in [1.807, 2.05) is 23.2 Å². The molecule has 114 valence electrons. The minimum Gasteiger partial charge on any atom is -0.369 e. The van der Waals surface area contributed by atoms with Crippen LogP contribution in [0.3, 0.4) is 0 Å². The number of rotatable bonds is 5. The highest BCUT2D eigenvalue weighted by Crippen LogP contribution is 2.34. The second-order valence-electron chi connectivity index (χ2n) is 5.77. The molecule has 0 radical (unpaired) electrons. The molecule has 7 heteroatoms. The molecule has 0 saturated carbocycles. The SMILES string of the molecule is C[C@@]1(CCNc2ncnc3[nH]ccc23)CCN1C(=O)CC#N. The molecule has 1 aliphatic rings. The van der Waals surface area contributed by atoms with Crippen LogP contribution in [0.5, 0.6) is 0 Å². The van der Waals surface area contributed by atoms with Crippen LogP contribution in [0, 0.1) is 11.3 Å². The first kappa shape index (κ1) is 14.3. The molecule has 0 aromatic carbocycles. The number of carbonyl (C=O) groups excluding carboxylic acids is 1. The number of anilines is 1. The van der Waals surface area contributed by atoms with E-state index in [9.17, 15) is 4.79 Å². The van der Waals surface area contributed by atoms with Gasteiger partial charge in [0.1, 0.15) is 24.2 Å². The number of carbonyl (C=O) groups is 1. The van der Waals surface area contributed by atoms with Crippen molar-refractivity contribution in [3.05, 3.63) is 18.6 Å². The van der Waals surface area contributed by atoms with E-state index in [1.165, 1.54) is 6.33 Å². The average Bonchev–Trinajstić information content (AvgIpc) is 2.95. The molecule has 3 heterocycles. The maximum absolute atomic E-state index is 11.9. The van der Waals surface area contributed by atoms with Gasteiger partial charge in [-0.2, -0.15) is 5.26 Å². The monoisotopic (exact) mass is 298 g/mol. The van der Waals surface area contributed by atoms with Crippen molar-refractivity contribution in [1.82, 2.24) is 19.9 Å². The van der Waals surface area contributed by atoms with Gasteiger partial charge in [0.05, 0.1) is 11.5 Å². The second-order valence-corrected chi connectivity index (χ2v) is 5.77. The Morgan fingerprint density at radius 3 is 3.18 bits per heavy atom. The Bertz CT molecular complexity index is 733. The summed E-state index contributed by atoms with van der Waals surface area (Å²) in [4.78, 5) is 25.1. The Morgan fingerprint density at radius 2 is 2.45 bits per heavy atom. The summed E-state index contributed by atoms with van der Waals surface area (Å²) in [5.74, 6) is 0.718. The summed E-state index contributed by atoms with van der Waals surface area (Å²) < 4.78 is 0. The molecule has 3 rings (SSSR count). The number of H-pyrrole nitrogens is 1. The molecule has 0 spiro atoms. The first-order valence-electron chi connectivity index (χ1n) is 7.33. The third-order valence-corrected chi connectivity index (χ3v) is 4.37. The van der Waals surface area contributed by atoms with Gasteiger partial charge in [-0.3, -0.25) is 4.79 Å². The zero-order chi connectivity index (χ0) is 15.6. The van der Waals surface area contributed by atoms with Crippen LogP contribution in [-0.2, 0) is 4.79 Å². The van der Waals surface area contributed by atoms with Crippen molar-refractivity contribution in [1.29, 1.82) is 5.26 Å². The molecule has 2 aromatic rings. The molecule has 2 aromatic heterocycles. The normalized spacial score (nSPS) is 20.5. The van der Waals surface area contributed by atoms with E-state index in [-0.39, 0.29) is 17.9 Å². The maximum atomic E-state index is 11.9. The van der Waals surface area contributed by atoms with Crippen LogP contribution in [0.4, 0.5) is 5.82 Å². The Labute approximate surface area is 128 Å². The van der Waals surface area contributed by atoms with Crippen molar-refractivity contribution in [3.8, 4) is 6.07 Å². The van der Waals surface area contributed by atoms with Gasteiger partial charge in [0, 0.05) is 24.8 Å². The molecule has 0 unspecified atom stereocenters. The van der Waals surface area contributed by atoms with E-state index in [4.69, 9.17) is 5.26 Å². The zero-order valence-electron chi connectivity index (χ0n) is 12.5. The van der Waals surface area contributed by atoms with Gasteiger partial charge in [0.2, 0.25) is 5.91 Å². The zero-order valence-corrected chi connectivity index (χ0v) is 12.5. The number of amides is 1. The lowest BCUT2D eigenvalue weighted by molar-refractivity contribution is -0.145. The predicted molar refractivity (Wildman–Crippen MR) is 82.0 cm³/mol.